The Bertz CT molecular complexity index is 617. The summed E-state index contributed by atoms with van der Waals surface area (Å²) < 4.78 is 0. The van der Waals surface area contributed by atoms with Gasteiger partial charge in [-0.25, -0.2) is 4.98 Å². The van der Waals surface area contributed by atoms with Crippen LogP contribution in [0.5, 0.6) is 0 Å². The third-order valence-corrected chi connectivity index (χ3v) is 3.60. The van der Waals surface area contributed by atoms with E-state index in [2.05, 4.69) is 20.2 Å². The lowest BCUT2D eigenvalue weighted by Gasteiger charge is -2.26. The van der Waals surface area contributed by atoms with E-state index in [1.54, 1.807) is 18.3 Å². The fourth-order valence-corrected chi connectivity index (χ4v) is 2.43. The SMILES string of the molecule is O=[N+]([O-])c1ccc(-c2cnc(CN3CCNCC3)[nH]2)cc1. The Labute approximate surface area is 122 Å². The Hall–Kier alpha value is -2.25. The van der Waals surface area contributed by atoms with Crippen molar-refractivity contribution in [1.82, 2.24) is 20.2 Å². The second kappa shape index (κ2) is 6.02. The van der Waals surface area contributed by atoms with E-state index in [0.29, 0.717) is 0 Å². The predicted octanol–water partition coefficient (Wildman–Crippen LogP) is 1.39. The lowest BCUT2D eigenvalue weighted by Crippen LogP contribution is -2.43. The van der Waals surface area contributed by atoms with Crippen LogP contribution < -0.4 is 5.32 Å². The number of nitro groups is 1. The molecule has 21 heavy (non-hydrogen) atoms. The topological polar surface area (TPSA) is 87.1 Å². The lowest BCUT2D eigenvalue weighted by atomic mass is 10.1. The van der Waals surface area contributed by atoms with Crippen molar-refractivity contribution in [2.24, 2.45) is 0 Å². The Morgan fingerprint density at radius 1 is 1.24 bits per heavy atom. The number of nitrogens with one attached hydrogen (secondary N) is 2. The third-order valence-electron chi connectivity index (χ3n) is 3.60. The van der Waals surface area contributed by atoms with Crippen molar-refractivity contribution in [2.45, 2.75) is 6.54 Å². The first kappa shape index (κ1) is 13.7. The minimum absolute atomic E-state index is 0.0966. The summed E-state index contributed by atoms with van der Waals surface area (Å²) in [7, 11) is 0. The fraction of sp³-hybridized carbons (Fsp3) is 0.357. The molecule has 0 saturated carbocycles. The summed E-state index contributed by atoms with van der Waals surface area (Å²) in [5.41, 5.74) is 1.88. The molecule has 1 aliphatic heterocycles. The fourth-order valence-electron chi connectivity index (χ4n) is 2.43. The van der Waals surface area contributed by atoms with Gasteiger partial charge in [0.05, 0.1) is 23.4 Å². The highest BCUT2D eigenvalue weighted by Crippen LogP contribution is 2.21. The Morgan fingerprint density at radius 3 is 2.62 bits per heavy atom. The van der Waals surface area contributed by atoms with Crippen LogP contribution in [0, 0.1) is 10.1 Å². The first-order valence-electron chi connectivity index (χ1n) is 6.94. The highest BCUT2D eigenvalue weighted by Gasteiger charge is 2.12. The molecule has 0 spiro atoms. The number of nitro benzene ring substituents is 1. The van der Waals surface area contributed by atoms with E-state index >= 15 is 0 Å². The molecule has 0 atom stereocenters. The second-order valence-corrected chi connectivity index (χ2v) is 5.07. The van der Waals surface area contributed by atoms with Crippen molar-refractivity contribution in [2.75, 3.05) is 26.2 Å². The summed E-state index contributed by atoms with van der Waals surface area (Å²) in [4.78, 5) is 20.3. The summed E-state index contributed by atoms with van der Waals surface area (Å²) >= 11 is 0. The Morgan fingerprint density at radius 2 is 1.95 bits per heavy atom. The molecule has 0 bridgehead atoms. The summed E-state index contributed by atoms with van der Waals surface area (Å²) in [6, 6.07) is 6.48. The zero-order valence-electron chi connectivity index (χ0n) is 11.6. The van der Waals surface area contributed by atoms with Gasteiger partial charge in [0.25, 0.3) is 5.69 Å². The number of hydrogen-bond donors (Lipinski definition) is 2. The summed E-state index contributed by atoms with van der Waals surface area (Å²) in [6.07, 6.45) is 1.78. The van der Waals surface area contributed by atoms with Crippen molar-refractivity contribution in [3.8, 4) is 11.3 Å². The summed E-state index contributed by atoms with van der Waals surface area (Å²) in [5.74, 6) is 0.922. The molecule has 7 heteroatoms. The number of rotatable bonds is 4. The number of H-pyrrole nitrogens is 1. The molecule has 0 radical (unpaired) electrons. The van der Waals surface area contributed by atoms with Gasteiger partial charge in [0.15, 0.2) is 0 Å². The summed E-state index contributed by atoms with van der Waals surface area (Å²) in [6.45, 7) is 4.86. The Balaban J connectivity index is 1.70. The zero-order valence-corrected chi connectivity index (χ0v) is 11.6. The van der Waals surface area contributed by atoms with E-state index < -0.39 is 4.92 Å². The number of nitrogens with zero attached hydrogens (tertiary/aromatic N) is 3. The molecule has 2 N–H and O–H groups in total. The maximum Gasteiger partial charge on any atom is 0.269 e. The van der Waals surface area contributed by atoms with Crippen LogP contribution in [0.2, 0.25) is 0 Å². The molecule has 1 saturated heterocycles. The molecule has 2 aromatic rings. The molecule has 1 aromatic heterocycles. The standard InChI is InChI=1S/C14H17N5O2/c20-19(21)12-3-1-11(2-4-12)13-9-16-14(17-13)10-18-7-5-15-6-8-18/h1-4,9,15H,5-8,10H2,(H,16,17). The van der Waals surface area contributed by atoms with E-state index in [1.165, 1.54) is 12.1 Å². The monoisotopic (exact) mass is 287 g/mol. The van der Waals surface area contributed by atoms with Gasteiger partial charge >= 0.3 is 0 Å². The van der Waals surface area contributed by atoms with E-state index in [9.17, 15) is 10.1 Å². The molecule has 0 unspecified atom stereocenters. The number of aromatic nitrogens is 2. The van der Waals surface area contributed by atoms with Crippen LogP contribution in [0.3, 0.4) is 0 Å². The first-order chi connectivity index (χ1) is 10.2. The largest absolute Gasteiger partial charge is 0.341 e. The van der Waals surface area contributed by atoms with Gasteiger partial charge in [-0.3, -0.25) is 15.0 Å². The van der Waals surface area contributed by atoms with Crippen molar-refractivity contribution in [3.63, 3.8) is 0 Å². The second-order valence-electron chi connectivity index (χ2n) is 5.07. The maximum absolute atomic E-state index is 10.6. The van der Waals surface area contributed by atoms with Crippen molar-refractivity contribution in [1.29, 1.82) is 0 Å². The highest BCUT2D eigenvalue weighted by atomic mass is 16.6. The molecule has 2 heterocycles. The van der Waals surface area contributed by atoms with Gasteiger partial charge in [-0.1, -0.05) is 0 Å². The number of aromatic amines is 1. The van der Waals surface area contributed by atoms with Gasteiger partial charge in [-0.15, -0.1) is 0 Å². The minimum Gasteiger partial charge on any atom is -0.341 e. The molecule has 1 aromatic carbocycles. The van der Waals surface area contributed by atoms with Crippen LogP contribution >= 0.6 is 0 Å². The highest BCUT2D eigenvalue weighted by molar-refractivity contribution is 5.60. The molecule has 3 rings (SSSR count). The average Bonchev–Trinajstić information content (AvgIpc) is 2.97. The number of hydrogen-bond acceptors (Lipinski definition) is 5. The molecule has 1 fully saturated rings. The lowest BCUT2D eigenvalue weighted by molar-refractivity contribution is -0.384. The first-order valence-corrected chi connectivity index (χ1v) is 6.94. The molecular weight excluding hydrogens is 270 g/mol. The van der Waals surface area contributed by atoms with Gasteiger partial charge in [-0.2, -0.15) is 0 Å². The molecule has 0 aliphatic carbocycles. The van der Waals surface area contributed by atoms with Crippen LogP contribution in [0.25, 0.3) is 11.3 Å². The normalized spacial score (nSPS) is 16.0. The zero-order chi connectivity index (χ0) is 14.7. The summed E-state index contributed by atoms with van der Waals surface area (Å²) in [5, 5.41) is 14.0. The number of imidazole rings is 1. The van der Waals surface area contributed by atoms with Gasteiger partial charge in [0, 0.05) is 43.9 Å². The van der Waals surface area contributed by atoms with Crippen LogP contribution in [0.4, 0.5) is 5.69 Å². The molecule has 1 aliphatic rings. The smallest absolute Gasteiger partial charge is 0.269 e. The molecular formula is C14H17N5O2. The third kappa shape index (κ3) is 3.26. The van der Waals surface area contributed by atoms with Crippen molar-refractivity contribution >= 4 is 5.69 Å². The number of benzene rings is 1. The Kier molecular flexibility index (Phi) is 3.94. The van der Waals surface area contributed by atoms with Crippen molar-refractivity contribution in [3.05, 3.63) is 46.4 Å². The number of piperazine rings is 1. The van der Waals surface area contributed by atoms with E-state index in [1.807, 2.05) is 0 Å². The maximum atomic E-state index is 10.6. The van der Waals surface area contributed by atoms with Gasteiger partial charge in [0.2, 0.25) is 0 Å². The quantitative estimate of drug-likeness (QED) is 0.655. The van der Waals surface area contributed by atoms with Crippen LogP contribution in [0.1, 0.15) is 5.82 Å². The molecule has 7 nitrogen and oxygen atoms in total. The van der Waals surface area contributed by atoms with Crippen LogP contribution in [-0.2, 0) is 6.54 Å². The van der Waals surface area contributed by atoms with E-state index in [4.69, 9.17) is 0 Å². The van der Waals surface area contributed by atoms with Gasteiger partial charge < -0.3 is 10.3 Å². The number of non-ortho nitro benzene ring substituents is 1. The minimum atomic E-state index is -0.396. The predicted molar refractivity (Wildman–Crippen MR) is 78.8 cm³/mol. The molecule has 0 amide bonds. The van der Waals surface area contributed by atoms with E-state index in [-0.39, 0.29) is 5.69 Å². The van der Waals surface area contributed by atoms with E-state index in [0.717, 1.165) is 49.8 Å². The van der Waals surface area contributed by atoms with Crippen molar-refractivity contribution < 1.29 is 4.92 Å². The molecule has 110 valence electrons. The van der Waals surface area contributed by atoms with Crippen LogP contribution in [-0.4, -0.2) is 46.0 Å². The van der Waals surface area contributed by atoms with Gasteiger partial charge in [0.1, 0.15) is 5.82 Å². The van der Waals surface area contributed by atoms with Crippen LogP contribution in [0.15, 0.2) is 30.5 Å². The van der Waals surface area contributed by atoms with Gasteiger partial charge in [-0.05, 0) is 12.1 Å². The average molecular weight is 287 g/mol.